The minimum absolute atomic E-state index is 0.741. The molecule has 0 unspecified atom stereocenters. The Bertz CT molecular complexity index is 743. The van der Waals surface area contributed by atoms with E-state index in [0.29, 0.717) is 0 Å². The van der Waals surface area contributed by atoms with Crippen molar-refractivity contribution in [3.8, 4) is 0 Å². The van der Waals surface area contributed by atoms with Crippen LogP contribution in [0.15, 0.2) is 36.5 Å². The number of fused-ring (bicyclic) bond motifs is 2. The fourth-order valence-electron chi connectivity index (χ4n) is 2.78. The van der Waals surface area contributed by atoms with Gasteiger partial charge in [0.05, 0.1) is 19.8 Å². The molecule has 3 aromatic rings. The quantitative estimate of drug-likeness (QED) is 0.712. The molecule has 0 saturated heterocycles. The summed E-state index contributed by atoms with van der Waals surface area (Å²) in [5.74, 6) is 2.04. The SMILES string of the molecule is c1ccc2c(c1)ccn2Cc1nnc2n1CCOCC2. The van der Waals surface area contributed by atoms with E-state index in [1.54, 1.807) is 0 Å². The molecule has 0 fully saturated rings. The van der Waals surface area contributed by atoms with Crippen molar-refractivity contribution in [3.63, 3.8) is 0 Å². The molecule has 0 N–H and O–H groups in total. The zero-order chi connectivity index (χ0) is 13.4. The lowest BCUT2D eigenvalue weighted by Gasteiger charge is -2.08. The molecule has 0 amide bonds. The summed E-state index contributed by atoms with van der Waals surface area (Å²) in [4.78, 5) is 0. The number of hydrogen-bond acceptors (Lipinski definition) is 3. The first-order valence-electron chi connectivity index (χ1n) is 6.94. The van der Waals surface area contributed by atoms with Gasteiger partial charge in [-0.1, -0.05) is 18.2 Å². The van der Waals surface area contributed by atoms with Crippen LogP contribution < -0.4 is 0 Å². The summed E-state index contributed by atoms with van der Waals surface area (Å²) in [6.07, 6.45) is 2.96. The van der Waals surface area contributed by atoms with Crippen LogP contribution >= 0.6 is 0 Å². The number of ether oxygens (including phenoxy) is 1. The predicted molar refractivity (Wildman–Crippen MR) is 75.6 cm³/mol. The molecule has 0 saturated carbocycles. The lowest BCUT2D eigenvalue weighted by Crippen LogP contribution is -2.11. The van der Waals surface area contributed by atoms with Crippen molar-refractivity contribution in [2.75, 3.05) is 13.2 Å². The summed E-state index contributed by atoms with van der Waals surface area (Å²) in [7, 11) is 0. The van der Waals surface area contributed by atoms with Gasteiger partial charge in [-0.2, -0.15) is 0 Å². The fourth-order valence-corrected chi connectivity index (χ4v) is 2.78. The Kier molecular flexibility index (Phi) is 2.77. The third-order valence-electron chi connectivity index (χ3n) is 3.83. The minimum atomic E-state index is 0.741. The highest BCUT2D eigenvalue weighted by molar-refractivity contribution is 5.79. The molecule has 0 atom stereocenters. The predicted octanol–water partition coefficient (Wildman–Crippen LogP) is 1.85. The first kappa shape index (κ1) is 11.7. The van der Waals surface area contributed by atoms with Gasteiger partial charge in [-0.15, -0.1) is 10.2 Å². The van der Waals surface area contributed by atoms with Gasteiger partial charge < -0.3 is 13.9 Å². The van der Waals surface area contributed by atoms with E-state index in [1.165, 1.54) is 10.9 Å². The summed E-state index contributed by atoms with van der Waals surface area (Å²) in [5.41, 5.74) is 1.23. The molecule has 4 rings (SSSR count). The maximum atomic E-state index is 5.50. The minimum Gasteiger partial charge on any atom is -0.379 e. The van der Waals surface area contributed by atoms with E-state index < -0.39 is 0 Å². The molecule has 0 aliphatic carbocycles. The van der Waals surface area contributed by atoms with Crippen LogP contribution in [-0.2, 0) is 24.2 Å². The summed E-state index contributed by atoms with van der Waals surface area (Å²) >= 11 is 0. The molecular formula is C15H16N4O. The second kappa shape index (κ2) is 4.76. The van der Waals surface area contributed by atoms with Crippen LogP contribution in [0.2, 0.25) is 0 Å². The number of hydrogen-bond donors (Lipinski definition) is 0. The van der Waals surface area contributed by atoms with E-state index in [-0.39, 0.29) is 0 Å². The van der Waals surface area contributed by atoms with E-state index in [2.05, 4.69) is 55.9 Å². The van der Waals surface area contributed by atoms with Gasteiger partial charge in [0.15, 0.2) is 5.82 Å². The van der Waals surface area contributed by atoms with Crippen molar-refractivity contribution >= 4 is 10.9 Å². The third kappa shape index (κ3) is 1.91. The van der Waals surface area contributed by atoms with E-state index in [4.69, 9.17) is 4.74 Å². The van der Waals surface area contributed by atoms with E-state index in [0.717, 1.165) is 44.4 Å². The Morgan fingerprint density at radius 2 is 2.05 bits per heavy atom. The van der Waals surface area contributed by atoms with E-state index in [9.17, 15) is 0 Å². The van der Waals surface area contributed by atoms with Crippen molar-refractivity contribution in [3.05, 3.63) is 48.2 Å². The molecule has 0 bridgehead atoms. The van der Waals surface area contributed by atoms with Crippen LogP contribution in [0.4, 0.5) is 0 Å². The summed E-state index contributed by atoms with van der Waals surface area (Å²) in [6.45, 7) is 3.08. The van der Waals surface area contributed by atoms with Gasteiger partial charge in [-0.05, 0) is 17.5 Å². The van der Waals surface area contributed by atoms with Crippen LogP contribution in [0.25, 0.3) is 10.9 Å². The standard InChI is InChI=1S/C15H16N4O/c1-2-4-13-12(3-1)5-7-18(13)11-15-17-16-14-6-9-20-10-8-19(14)15/h1-5,7H,6,8-11H2. The van der Waals surface area contributed by atoms with Crippen molar-refractivity contribution < 1.29 is 4.74 Å². The Labute approximate surface area is 116 Å². The maximum Gasteiger partial charge on any atom is 0.153 e. The summed E-state index contributed by atoms with van der Waals surface area (Å²) in [6, 6.07) is 10.5. The highest BCUT2D eigenvalue weighted by atomic mass is 16.5. The molecule has 1 aromatic carbocycles. The number of benzene rings is 1. The van der Waals surface area contributed by atoms with Crippen LogP contribution in [0.5, 0.6) is 0 Å². The van der Waals surface area contributed by atoms with Gasteiger partial charge >= 0.3 is 0 Å². The molecule has 5 nitrogen and oxygen atoms in total. The second-order valence-corrected chi connectivity index (χ2v) is 5.05. The largest absolute Gasteiger partial charge is 0.379 e. The molecule has 20 heavy (non-hydrogen) atoms. The highest BCUT2D eigenvalue weighted by Gasteiger charge is 2.15. The van der Waals surface area contributed by atoms with Gasteiger partial charge in [0.2, 0.25) is 0 Å². The Hall–Kier alpha value is -2.14. The van der Waals surface area contributed by atoms with Crippen LogP contribution in [0.3, 0.4) is 0 Å². The molecule has 1 aliphatic heterocycles. The van der Waals surface area contributed by atoms with Gasteiger partial charge in [-0.3, -0.25) is 0 Å². The Morgan fingerprint density at radius 1 is 1.10 bits per heavy atom. The second-order valence-electron chi connectivity index (χ2n) is 5.05. The summed E-state index contributed by atoms with van der Waals surface area (Å²) < 4.78 is 9.92. The van der Waals surface area contributed by atoms with Gasteiger partial charge in [0.1, 0.15) is 5.82 Å². The van der Waals surface area contributed by atoms with Gasteiger partial charge in [-0.25, -0.2) is 0 Å². The number of aromatic nitrogens is 4. The molecule has 1 aliphatic rings. The average molecular weight is 268 g/mol. The van der Waals surface area contributed by atoms with Crippen LogP contribution in [0, 0.1) is 0 Å². The van der Waals surface area contributed by atoms with Crippen LogP contribution in [-0.4, -0.2) is 32.5 Å². The van der Waals surface area contributed by atoms with Crippen molar-refractivity contribution in [2.45, 2.75) is 19.5 Å². The van der Waals surface area contributed by atoms with E-state index in [1.807, 2.05) is 0 Å². The zero-order valence-corrected chi connectivity index (χ0v) is 11.2. The number of nitrogens with zero attached hydrogens (tertiary/aromatic N) is 4. The maximum absolute atomic E-state index is 5.50. The molecule has 0 spiro atoms. The Morgan fingerprint density at radius 3 is 3.05 bits per heavy atom. The first-order valence-corrected chi connectivity index (χ1v) is 6.94. The third-order valence-corrected chi connectivity index (χ3v) is 3.83. The average Bonchev–Trinajstić information content (AvgIpc) is 2.97. The zero-order valence-electron chi connectivity index (χ0n) is 11.2. The van der Waals surface area contributed by atoms with Crippen molar-refractivity contribution in [1.29, 1.82) is 0 Å². The molecule has 3 heterocycles. The van der Waals surface area contributed by atoms with Crippen molar-refractivity contribution in [2.24, 2.45) is 0 Å². The molecule has 2 aromatic heterocycles. The highest BCUT2D eigenvalue weighted by Crippen LogP contribution is 2.17. The van der Waals surface area contributed by atoms with Gasteiger partial charge in [0.25, 0.3) is 0 Å². The molecule has 0 radical (unpaired) electrons. The smallest absolute Gasteiger partial charge is 0.153 e. The Balaban J connectivity index is 1.71. The lowest BCUT2D eigenvalue weighted by atomic mass is 10.2. The first-order chi connectivity index (χ1) is 9.92. The molecular weight excluding hydrogens is 252 g/mol. The van der Waals surface area contributed by atoms with Crippen molar-refractivity contribution in [1.82, 2.24) is 19.3 Å². The molecule has 5 heteroatoms. The topological polar surface area (TPSA) is 44.9 Å². The van der Waals surface area contributed by atoms with Crippen LogP contribution in [0.1, 0.15) is 11.6 Å². The lowest BCUT2D eigenvalue weighted by molar-refractivity contribution is 0.139. The molecule has 102 valence electrons. The summed E-state index contributed by atoms with van der Waals surface area (Å²) in [5, 5.41) is 9.91. The van der Waals surface area contributed by atoms with Gasteiger partial charge in [0, 0.05) is 24.7 Å². The normalized spacial score (nSPS) is 15.2. The fraction of sp³-hybridized carbons (Fsp3) is 0.333. The number of para-hydroxylation sites is 1. The number of rotatable bonds is 2. The van der Waals surface area contributed by atoms with E-state index >= 15 is 0 Å². The monoisotopic (exact) mass is 268 g/mol.